The zero-order chi connectivity index (χ0) is 9.10. The summed E-state index contributed by atoms with van der Waals surface area (Å²) in [4.78, 5) is 2.35. The number of furan rings is 1. The van der Waals surface area contributed by atoms with Crippen LogP contribution in [-0.4, -0.2) is 31.2 Å². The number of nitrogens with zero attached hydrogens (tertiary/aromatic N) is 1. The van der Waals surface area contributed by atoms with Crippen LogP contribution >= 0.6 is 0 Å². The van der Waals surface area contributed by atoms with Crippen LogP contribution in [0.1, 0.15) is 11.5 Å². The van der Waals surface area contributed by atoms with Crippen molar-refractivity contribution in [2.75, 3.05) is 26.3 Å². The molecule has 0 aromatic carbocycles. The van der Waals surface area contributed by atoms with Gasteiger partial charge in [0.1, 0.15) is 11.5 Å². The number of hydrogen-bond acceptors (Lipinski definition) is 3. The van der Waals surface area contributed by atoms with Gasteiger partial charge in [-0.25, -0.2) is 0 Å². The van der Waals surface area contributed by atoms with Crippen LogP contribution < -0.4 is 0 Å². The Bertz CT molecular complexity index is 264. The second-order valence-electron chi connectivity index (χ2n) is 3.40. The Kier molecular flexibility index (Phi) is 2.66. The number of hydrogen-bond donors (Lipinski definition) is 0. The van der Waals surface area contributed by atoms with Gasteiger partial charge in [-0.3, -0.25) is 4.90 Å². The summed E-state index contributed by atoms with van der Waals surface area (Å²) in [6.07, 6.45) is 0. The van der Waals surface area contributed by atoms with Crippen LogP contribution in [0.2, 0.25) is 0 Å². The molecule has 0 N–H and O–H groups in total. The predicted molar refractivity (Wildman–Crippen MR) is 49.5 cm³/mol. The van der Waals surface area contributed by atoms with Gasteiger partial charge in [0.05, 0.1) is 19.8 Å². The van der Waals surface area contributed by atoms with Crippen molar-refractivity contribution in [1.82, 2.24) is 4.90 Å². The fourth-order valence-corrected chi connectivity index (χ4v) is 1.55. The van der Waals surface area contributed by atoms with E-state index in [4.69, 9.17) is 9.15 Å². The molecular formula is C10H15NO2. The standard InChI is InChI=1S/C10H15NO2/c1-9-2-3-10(13-9)8-11-4-6-12-7-5-11/h2-3H,4-8H2,1H3. The van der Waals surface area contributed by atoms with Gasteiger partial charge in [-0.1, -0.05) is 0 Å². The SMILES string of the molecule is Cc1ccc(CN2CCOCC2)o1. The Hall–Kier alpha value is -0.800. The van der Waals surface area contributed by atoms with E-state index in [1.165, 1.54) is 0 Å². The fraction of sp³-hybridized carbons (Fsp3) is 0.600. The summed E-state index contributed by atoms with van der Waals surface area (Å²) in [5.41, 5.74) is 0. The van der Waals surface area contributed by atoms with Crippen molar-refractivity contribution in [3.05, 3.63) is 23.7 Å². The molecule has 1 aromatic rings. The molecule has 1 aliphatic rings. The minimum Gasteiger partial charge on any atom is -0.465 e. The van der Waals surface area contributed by atoms with Crippen molar-refractivity contribution in [3.8, 4) is 0 Å². The molecule has 0 bridgehead atoms. The van der Waals surface area contributed by atoms with Gasteiger partial charge in [0.25, 0.3) is 0 Å². The first-order valence-electron chi connectivity index (χ1n) is 4.70. The molecule has 1 saturated heterocycles. The van der Waals surface area contributed by atoms with E-state index >= 15 is 0 Å². The minimum atomic E-state index is 0.847. The third kappa shape index (κ3) is 2.32. The van der Waals surface area contributed by atoms with Gasteiger partial charge >= 0.3 is 0 Å². The molecule has 13 heavy (non-hydrogen) atoms. The van der Waals surface area contributed by atoms with Gasteiger partial charge in [-0.15, -0.1) is 0 Å². The normalized spacial score (nSPS) is 19.2. The second-order valence-corrected chi connectivity index (χ2v) is 3.40. The van der Waals surface area contributed by atoms with Crippen LogP contribution in [0.5, 0.6) is 0 Å². The summed E-state index contributed by atoms with van der Waals surface area (Å²) in [5, 5.41) is 0. The molecule has 2 rings (SSSR count). The van der Waals surface area contributed by atoms with Gasteiger partial charge in [0.15, 0.2) is 0 Å². The van der Waals surface area contributed by atoms with Gasteiger partial charge in [-0.2, -0.15) is 0 Å². The summed E-state index contributed by atoms with van der Waals surface area (Å²) >= 11 is 0. The summed E-state index contributed by atoms with van der Waals surface area (Å²) < 4.78 is 10.8. The highest BCUT2D eigenvalue weighted by atomic mass is 16.5. The molecule has 0 radical (unpaired) electrons. The van der Waals surface area contributed by atoms with Gasteiger partial charge in [0, 0.05) is 13.1 Å². The van der Waals surface area contributed by atoms with Crippen LogP contribution in [0.3, 0.4) is 0 Å². The van der Waals surface area contributed by atoms with Crippen molar-refractivity contribution in [2.24, 2.45) is 0 Å². The van der Waals surface area contributed by atoms with E-state index in [2.05, 4.69) is 4.90 Å². The molecule has 0 spiro atoms. The van der Waals surface area contributed by atoms with E-state index in [0.717, 1.165) is 44.4 Å². The predicted octanol–water partition coefficient (Wildman–Crippen LogP) is 1.42. The first-order valence-corrected chi connectivity index (χ1v) is 4.70. The lowest BCUT2D eigenvalue weighted by molar-refractivity contribution is 0.0312. The van der Waals surface area contributed by atoms with Crippen LogP contribution in [0.4, 0.5) is 0 Å². The largest absolute Gasteiger partial charge is 0.465 e. The number of ether oxygens (including phenoxy) is 1. The second kappa shape index (κ2) is 3.94. The maximum atomic E-state index is 5.50. The summed E-state index contributed by atoms with van der Waals surface area (Å²) in [6, 6.07) is 4.06. The molecule has 2 heterocycles. The monoisotopic (exact) mass is 181 g/mol. The Morgan fingerprint density at radius 1 is 1.31 bits per heavy atom. The molecule has 1 aliphatic heterocycles. The molecule has 1 fully saturated rings. The topological polar surface area (TPSA) is 25.6 Å². The first kappa shape index (κ1) is 8.78. The lowest BCUT2D eigenvalue weighted by atomic mass is 10.3. The Labute approximate surface area is 78.3 Å². The van der Waals surface area contributed by atoms with E-state index in [1.54, 1.807) is 0 Å². The Balaban J connectivity index is 1.89. The molecule has 0 unspecified atom stereocenters. The Morgan fingerprint density at radius 3 is 2.69 bits per heavy atom. The molecule has 72 valence electrons. The minimum absolute atomic E-state index is 0.847. The average molecular weight is 181 g/mol. The zero-order valence-electron chi connectivity index (χ0n) is 7.95. The van der Waals surface area contributed by atoms with Crippen LogP contribution in [0.25, 0.3) is 0 Å². The highest BCUT2D eigenvalue weighted by molar-refractivity contribution is 5.05. The smallest absolute Gasteiger partial charge is 0.118 e. The van der Waals surface area contributed by atoms with E-state index < -0.39 is 0 Å². The first-order chi connectivity index (χ1) is 6.34. The van der Waals surface area contributed by atoms with E-state index in [1.807, 2.05) is 19.1 Å². The zero-order valence-corrected chi connectivity index (χ0v) is 7.95. The molecule has 1 aromatic heterocycles. The molecule has 0 aliphatic carbocycles. The fourth-order valence-electron chi connectivity index (χ4n) is 1.55. The van der Waals surface area contributed by atoms with Crippen molar-refractivity contribution in [2.45, 2.75) is 13.5 Å². The molecule has 0 saturated carbocycles. The van der Waals surface area contributed by atoms with Crippen LogP contribution in [-0.2, 0) is 11.3 Å². The van der Waals surface area contributed by atoms with Crippen molar-refractivity contribution in [3.63, 3.8) is 0 Å². The summed E-state index contributed by atoms with van der Waals surface area (Å²) in [5.74, 6) is 2.04. The lowest BCUT2D eigenvalue weighted by Gasteiger charge is -2.25. The van der Waals surface area contributed by atoms with Gasteiger partial charge in [0.2, 0.25) is 0 Å². The highest BCUT2D eigenvalue weighted by Gasteiger charge is 2.11. The molecule has 3 nitrogen and oxygen atoms in total. The third-order valence-electron chi connectivity index (χ3n) is 2.28. The average Bonchev–Trinajstić information content (AvgIpc) is 2.53. The number of aryl methyl sites for hydroxylation is 1. The van der Waals surface area contributed by atoms with E-state index in [9.17, 15) is 0 Å². The Morgan fingerprint density at radius 2 is 2.08 bits per heavy atom. The quantitative estimate of drug-likeness (QED) is 0.690. The van der Waals surface area contributed by atoms with E-state index in [0.29, 0.717) is 0 Å². The highest BCUT2D eigenvalue weighted by Crippen LogP contribution is 2.10. The molecule has 0 atom stereocenters. The van der Waals surface area contributed by atoms with Crippen molar-refractivity contribution < 1.29 is 9.15 Å². The van der Waals surface area contributed by atoms with Crippen molar-refractivity contribution in [1.29, 1.82) is 0 Å². The third-order valence-corrected chi connectivity index (χ3v) is 2.28. The molecular weight excluding hydrogens is 166 g/mol. The molecule has 0 amide bonds. The molecule has 3 heteroatoms. The van der Waals surface area contributed by atoms with Gasteiger partial charge in [-0.05, 0) is 19.1 Å². The van der Waals surface area contributed by atoms with E-state index in [-0.39, 0.29) is 0 Å². The number of morpholine rings is 1. The number of rotatable bonds is 2. The maximum Gasteiger partial charge on any atom is 0.118 e. The summed E-state index contributed by atoms with van der Waals surface area (Å²) in [6.45, 7) is 6.61. The summed E-state index contributed by atoms with van der Waals surface area (Å²) in [7, 11) is 0. The van der Waals surface area contributed by atoms with Crippen LogP contribution in [0.15, 0.2) is 16.5 Å². The lowest BCUT2D eigenvalue weighted by Crippen LogP contribution is -2.35. The van der Waals surface area contributed by atoms with Crippen molar-refractivity contribution >= 4 is 0 Å². The van der Waals surface area contributed by atoms with Crippen LogP contribution in [0, 0.1) is 6.92 Å². The maximum absolute atomic E-state index is 5.50. The van der Waals surface area contributed by atoms with Gasteiger partial charge < -0.3 is 9.15 Å².